The maximum absolute atomic E-state index is 12.1. The Morgan fingerprint density at radius 1 is 1.24 bits per heavy atom. The van der Waals surface area contributed by atoms with Crippen LogP contribution in [0.2, 0.25) is 0 Å². The minimum Gasteiger partial charge on any atom is -0.388 e. The molecule has 1 aromatic carbocycles. The monoisotopic (exact) mass is 325 g/mol. The van der Waals surface area contributed by atoms with Gasteiger partial charge in [0.05, 0.1) is 11.0 Å². The lowest BCUT2D eigenvalue weighted by Gasteiger charge is -2.10. The van der Waals surface area contributed by atoms with E-state index in [0.29, 0.717) is 6.42 Å². The molecule has 0 spiro atoms. The average molecular weight is 325 g/mol. The predicted octanol–water partition coefficient (Wildman–Crippen LogP) is 2.71. The topological polar surface area (TPSA) is 66.4 Å². The molecule has 1 aromatic heterocycles. The highest BCUT2D eigenvalue weighted by molar-refractivity contribution is 7.89. The van der Waals surface area contributed by atoms with E-state index in [1.54, 1.807) is 12.1 Å². The Morgan fingerprint density at radius 3 is 2.52 bits per heavy atom. The molecule has 1 atom stereocenters. The summed E-state index contributed by atoms with van der Waals surface area (Å²) in [5.41, 5.74) is 1.92. The molecule has 6 heteroatoms. The number of nitrogens with one attached hydrogen (secondary N) is 1. The van der Waals surface area contributed by atoms with E-state index in [2.05, 4.69) is 4.72 Å². The summed E-state index contributed by atoms with van der Waals surface area (Å²) in [6.45, 7) is 2.22. The number of benzene rings is 1. The lowest BCUT2D eigenvalue weighted by molar-refractivity contribution is 0.169. The van der Waals surface area contributed by atoms with Crippen LogP contribution in [0.3, 0.4) is 0 Å². The molecule has 4 nitrogen and oxygen atoms in total. The summed E-state index contributed by atoms with van der Waals surface area (Å²) in [6.07, 6.45) is 0.588. The molecule has 0 aliphatic carbocycles. The maximum Gasteiger partial charge on any atom is 0.240 e. The molecule has 2 aromatic rings. The van der Waals surface area contributed by atoms with Gasteiger partial charge in [-0.3, -0.25) is 0 Å². The fourth-order valence-corrected chi connectivity index (χ4v) is 3.70. The zero-order chi connectivity index (χ0) is 15.3. The molecule has 2 rings (SSSR count). The van der Waals surface area contributed by atoms with Crippen LogP contribution in [0.25, 0.3) is 0 Å². The summed E-state index contributed by atoms with van der Waals surface area (Å²) in [6, 6.07) is 8.68. The first-order valence-electron chi connectivity index (χ1n) is 6.81. The minimum atomic E-state index is -3.51. The van der Waals surface area contributed by atoms with E-state index < -0.39 is 16.1 Å². The number of hydrogen-bond donors (Lipinski definition) is 2. The van der Waals surface area contributed by atoms with Gasteiger partial charge in [-0.2, -0.15) is 11.3 Å². The number of rotatable bonds is 7. The summed E-state index contributed by atoms with van der Waals surface area (Å²) in [5, 5.41) is 13.7. The van der Waals surface area contributed by atoms with Crippen LogP contribution in [0.15, 0.2) is 46.0 Å². The zero-order valence-corrected chi connectivity index (χ0v) is 13.5. The van der Waals surface area contributed by atoms with Crippen LogP contribution in [0.5, 0.6) is 0 Å². The largest absolute Gasteiger partial charge is 0.388 e. The Kier molecular flexibility index (Phi) is 5.52. The summed E-state index contributed by atoms with van der Waals surface area (Å²) in [7, 11) is -3.51. The second-order valence-electron chi connectivity index (χ2n) is 4.76. The van der Waals surface area contributed by atoms with Gasteiger partial charge in [-0.05, 0) is 52.9 Å². The molecule has 0 aliphatic rings. The van der Waals surface area contributed by atoms with Crippen LogP contribution in [0, 0.1) is 0 Å². The molecule has 1 heterocycles. The van der Waals surface area contributed by atoms with Crippen molar-refractivity contribution in [1.82, 2.24) is 4.72 Å². The Hall–Kier alpha value is -1.21. The van der Waals surface area contributed by atoms with Gasteiger partial charge in [-0.25, -0.2) is 13.1 Å². The third-order valence-electron chi connectivity index (χ3n) is 3.28. The van der Waals surface area contributed by atoms with E-state index in [1.165, 1.54) is 11.3 Å². The van der Waals surface area contributed by atoms with Gasteiger partial charge in [0.15, 0.2) is 0 Å². The molecule has 0 aliphatic heterocycles. The Bertz CT molecular complexity index is 649. The highest BCUT2D eigenvalue weighted by Gasteiger charge is 2.15. The Balaban J connectivity index is 1.91. The van der Waals surface area contributed by atoms with Crippen LogP contribution in [0.4, 0.5) is 0 Å². The predicted molar refractivity (Wildman–Crippen MR) is 84.9 cm³/mol. The molecule has 0 radical (unpaired) electrons. The highest BCUT2D eigenvalue weighted by atomic mass is 32.2. The van der Waals surface area contributed by atoms with Crippen molar-refractivity contribution >= 4 is 21.4 Å². The van der Waals surface area contributed by atoms with Crippen LogP contribution >= 0.6 is 11.3 Å². The molecule has 0 saturated heterocycles. The lowest BCUT2D eigenvalue weighted by atomic mass is 10.1. The number of hydrogen-bond acceptors (Lipinski definition) is 4. The molecule has 0 bridgehead atoms. The van der Waals surface area contributed by atoms with Crippen molar-refractivity contribution in [2.75, 3.05) is 6.54 Å². The van der Waals surface area contributed by atoms with Crippen LogP contribution in [0.1, 0.15) is 30.6 Å². The minimum absolute atomic E-state index is 0.203. The van der Waals surface area contributed by atoms with Gasteiger partial charge in [0.2, 0.25) is 10.0 Å². The van der Waals surface area contributed by atoms with Crippen molar-refractivity contribution in [3.8, 4) is 0 Å². The van der Waals surface area contributed by atoms with Gasteiger partial charge < -0.3 is 5.11 Å². The molecule has 114 valence electrons. The van der Waals surface area contributed by atoms with Crippen LogP contribution in [-0.4, -0.2) is 20.1 Å². The molecule has 0 saturated carbocycles. The Labute approximate surface area is 129 Å². The highest BCUT2D eigenvalue weighted by Crippen LogP contribution is 2.19. The summed E-state index contributed by atoms with van der Waals surface area (Å²) < 4.78 is 26.7. The van der Waals surface area contributed by atoms with Gasteiger partial charge >= 0.3 is 0 Å². The van der Waals surface area contributed by atoms with Crippen molar-refractivity contribution in [1.29, 1.82) is 0 Å². The number of aliphatic hydroxyl groups is 1. The molecule has 0 amide bonds. The molecule has 1 unspecified atom stereocenters. The van der Waals surface area contributed by atoms with E-state index in [-0.39, 0.29) is 11.4 Å². The fourth-order valence-electron chi connectivity index (χ4n) is 1.95. The van der Waals surface area contributed by atoms with Crippen molar-refractivity contribution in [2.45, 2.75) is 30.8 Å². The maximum atomic E-state index is 12.1. The first kappa shape index (κ1) is 16.2. The van der Waals surface area contributed by atoms with Crippen LogP contribution in [-0.2, 0) is 16.4 Å². The van der Waals surface area contributed by atoms with Gasteiger partial charge in [0, 0.05) is 6.54 Å². The average Bonchev–Trinajstić information content (AvgIpc) is 3.01. The normalized spacial score (nSPS) is 13.2. The second-order valence-corrected chi connectivity index (χ2v) is 7.30. The van der Waals surface area contributed by atoms with Crippen molar-refractivity contribution in [3.05, 3.63) is 52.2 Å². The third-order valence-corrected chi connectivity index (χ3v) is 5.46. The van der Waals surface area contributed by atoms with Gasteiger partial charge in [0.1, 0.15) is 0 Å². The first-order valence-corrected chi connectivity index (χ1v) is 9.24. The molecule has 0 fully saturated rings. The van der Waals surface area contributed by atoms with E-state index in [9.17, 15) is 13.5 Å². The lowest BCUT2D eigenvalue weighted by Crippen LogP contribution is -2.25. The smallest absolute Gasteiger partial charge is 0.240 e. The van der Waals surface area contributed by atoms with Crippen molar-refractivity contribution in [2.24, 2.45) is 0 Å². The van der Waals surface area contributed by atoms with E-state index >= 15 is 0 Å². The summed E-state index contributed by atoms with van der Waals surface area (Å²) >= 11 is 1.51. The molecule has 21 heavy (non-hydrogen) atoms. The van der Waals surface area contributed by atoms with Gasteiger partial charge in [-0.1, -0.05) is 19.1 Å². The van der Waals surface area contributed by atoms with Gasteiger partial charge in [0.25, 0.3) is 0 Å². The number of aryl methyl sites for hydroxylation is 1. The summed E-state index contributed by atoms with van der Waals surface area (Å²) in [5.74, 6) is 0. The Morgan fingerprint density at radius 2 is 1.95 bits per heavy atom. The van der Waals surface area contributed by atoms with E-state index in [1.807, 2.05) is 35.9 Å². The number of sulfonamides is 1. The second kappa shape index (κ2) is 7.17. The van der Waals surface area contributed by atoms with Gasteiger partial charge in [-0.15, -0.1) is 0 Å². The number of aliphatic hydroxyl groups excluding tert-OH is 1. The molecular formula is C15H19NO3S2. The fraction of sp³-hybridized carbons (Fsp3) is 0.333. The molecular weight excluding hydrogens is 306 g/mol. The SMILES string of the molecule is CCc1ccc(S(=O)(=O)NCCC(O)c2ccsc2)cc1. The third kappa shape index (κ3) is 4.38. The van der Waals surface area contributed by atoms with Crippen molar-refractivity contribution < 1.29 is 13.5 Å². The first-order chi connectivity index (χ1) is 10.0. The zero-order valence-electron chi connectivity index (χ0n) is 11.8. The number of thiophene rings is 1. The molecule has 2 N–H and O–H groups in total. The van der Waals surface area contributed by atoms with Crippen LogP contribution < -0.4 is 4.72 Å². The quantitative estimate of drug-likeness (QED) is 0.822. The van der Waals surface area contributed by atoms with E-state index in [0.717, 1.165) is 17.5 Å². The summed E-state index contributed by atoms with van der Waals surface area (Å²) in [4.78, 5) is 0.254. The van der Waals surface area contributed by atoms with E-state index in [4.69, 9.17) is 0 Å². The van der Waals surface area contributed by atoms with Crippen molar-refractivity contribution in [3.63, 3.8) is 0 Å². The standard InChI is InChI=1S/C15H19NO3S2/c1-2-12-3-5-14(6-4-12)21(18,19)16-9-7-15(17)13-8-10-20-11-13/h3-6,8,10-11,15-17H,2,7,9H2,1H3.